The fraction of sp³-hybridized carbons (Fsp3) is 0.393. The number of carbonyl (C=O) groups excluding carboxylic acids is 1. The molecular weight excluding hydrogens is 368 g/mol. The number of hydrogen-bond acceptors (Lipinski definition) is 2. The molecule has 3 rings (SSSR count). The molecule has 2 unspecified atom stereocenters. The molecule has 30 heavy (non-hydrogen) atoms. The molecule has 0 aromatic heterocycles. The predicted molar refractivity (Wildman–Crippen MR) is 126 cm³/mol. The summed E-state index contributed by atoms with van der Waals surface area (Å²) in [5.74, 6) is 1.04. The monoisotopic (exact) mass is 402 g/mol. The second kappa shape index (κ2) is 10.5. The van der Waals surface area contributed by atoms with Crippen molar-refractivity contribution in [3.63, 3.8) is 0 Å². The zero-order chi connectivity index (χ0) is 21.4. The van der Waals surface area contributed by atoms with Gasteiger partial charge in [0.25, 0.3) is 0 Å². The number of rotatable bonds is 8. The van der Waals surface area contributed by atoms with E-state index in [4.69, 9.17) is 0 Å². The lowest BCUT2D eigenvalue weighted by atomic mass is 9.63. The molecule has 1 aliphatic rings. The number of benzene rings is 2. The Labute approximate surface area is 181 Å². The molecule has 1 aliphatic carbocycles. The highest BCUT2D eigenvalue weighted by molar-refractivity contribution is 5.87. The van der Waals surface area contributed by atoms with Crippen molar-refractivity contribution in [1.29, 1.82) is 0 Å². The van der Waals surface area contributed by atoms with Crippen LogP contribution in [0.4, 0.5) is 0 Å². The van der Waals surface area contributed by atoms with E-state index in [1.165, 1.54) is 0 Å². The molecular formula is C28H34O2. The zero-order valence-electron chi connectivity index (χ0n) is 18.2. The number of hydrogen-bond donors (Lipinski definition) is 1. The van der Waals surface area contributed by atoms with Gasteiger partial charge in [-0.2, -0.15) is 0 Å². The molecule has 1 saturated carbocycles. The van der Waals surface area contributed by atoms with Gasteiger partial charge in [0.1, 0.15) is 5.78 Å². The number of aliphatic hydroxyl groups excluding tert-OH is 1. The number of allylic oxidation sites excluding steroid dienone is 2. The average Bonchev–Trinajstić information content (AvgIpc) is 2.72. The highest BCUT2D eigenvalue weighted by Gasteiger charge is 2.47. The maximum absolute atomic E-state index is 13.4. The molecule has 2 aromatic carbocycles. The first kappa shape index (κ1) is 22.2. The van der Waals surface area contributed by atoms with Crippen LogP contribution in [0.25, 0.3) is 12.2 Å². The van der Waals surface area contributed by atoms with Gasteiger partial charge in [0.15, 0.2) is 0 Å². The van der Waals surface area contributed by atoms with E-state index in [9.17, 15) is 9.90 Å². The summed E-state index contributed by atoms with van der Waals surface area (Å²) in [6, 6.07) is 20.2. The van der Waals surface area contributed by atoms with E-state index in [0.29, 0.717) is 31.6 Å². The molecule has 0 amide bonds. The summed E-state index contributed by atoms with van der Waals surface area (Å²) in [6.45, 7) is 4.37. The van der Waals surface area contributed by atoms with Crippen LogP contribution in [0.2, 0.25) is 0 Å². The van der Waals surface area contributed by atoms with Gasteiger partial charge in [-0.1, -0.05) is 98.8 Å². The maximum atomic E-state index is 13.4. The van der Waals surface area contributed by atoms with Gasteiger partial charge in [-0.3, -0.25) is 4.79 Å². The van der Waals surface area contributed by atoms with Crippen LogP contribution in [0.1, 0.15) is 57.1 Å². The molecule has 158 valence electrons. The molecule has 1 N–H and O–H groups in total. The molecule has 0 aliphatic heterocycles. The minimum atomic E-state index is -0.732. The van der Waals surface area contributed by atoms with Gasteiger partial charge in [0.05, 0.1) is 11.5 Å². The Bertz CT molecular complexity index is 797. The van der Waals surface area contributed by atoms with Crippen LogP contribution >= 0.6 is 0 Å². The minimum Gasteiger partial charge on any atom is -0.392 e. The molecule has 2 aromatic rings. The van der Waals surface area contributed by atoms with Crippen LogP contribution in [0.15, 0.2) is 72.8 Å². The van der Waals surface area contributed by atoms with Crippen LogP contribution in [-0.4, -0.2) is 17.0 Å². The summed E-state index contributed by atoms with van der Waals surface area (Å²) in [4.78, 5) is 13.4. The van der Waals surface area contributed by atoms with Crippen molar-refractivity contribution in [3.8, 4) is 0 Å². The Morgan fingerprint density at radius 2 is 1.43 bits per heavy atom. The van der Waals surface area contributed by atoms with Crippen molar-refractivity contribution >= 4 is 17.9 Å². The standard InChI is InChI=1S/C28H34O2/c1-22(2)19-25-20-26(29)28(27(30)21-25,17-9-15-23-11-5-3-6-12-23)18-10-16-24-13-7-4-8-14-24/h3-16,22,25-26,29H,17-21H2,1-2H3. The number of carbonyl (C=O) groups is 1. The minimum absolute atomic E-state index is 0.210. The third kappa shape index (κ3) is 5.79. The fourth-order valence-electron chi connectivity index (χ4n) is 4.64. The summed E-state index contributed by atoms with van der Waals surface area (Å²) >= 11 is 0. The molecule has 0 bridgehead atoms. The van der Waals surface area contributed by atoms with E-state index in [-0.39, 0.29) is 11.7 Å². The Morgan fingerprint density at radius 3 is 1.87 bits per heavy atom. The van der Waals surface area contributed by atoms with Crippen molar-refractivity contribution in [2.24, 2.45) is 17.3 Å². The molecule has 2 atom stereocenters. The molecule has 2 heteroatoms. The highest BCUT2D eigenvalue weighted by atomic mass is 16.3. The smallest absolute Gasteiger partial charge is 0.142 e. The third-order valence-corrected chi connectivity index (χ3v) is 6.21. The van der Waals surface area contributed by atoms with Gasteiger partial charge in [0, 0.05) is 6.42 Å². The van der Waals surface area contributed by atoms with E-state index in [2.05, 4.69) is 62.4 Å². The average molecular weight is 403 g/mol. The van der Waals surface area contributed by atoms with Crippen molar-refractivity contribution < 1.29 is 9.90 Å². The predicted octanol–water partition coefficient (Wildman–Crippen LogP) is 6.57. The second-order valence-electron chi connectivity index (χ2n) is 9.06. The quantitative estimate of drug-likeness (QED) is 0.542. The molecule has 0 spiro atoms. The third-order valence-electron chi connectivity index (χ3n) is 6.21. The topological polar surface area (TPSA) is 37.3 Å². The summed E-state index contributed by atoms with van der Waals surface area (Å²) in [7, 11) is 0. The summed E-state index contributed by atoms with van der Waals surface area (Å²) < 4.78 is 0. The summed E-state index contributed by atoms with van der Waals surface area (Å²) in [5, 5.41) is 11.2. The second-order valence-corrected chi connectivity index (χ2v) is 9.06. The van der Waals surface area contributed by atoms with E-state index in [0.717, 1.165) is 17.5 Å². The Balaban J connectivity index is 1.79. The first-order chi connectivity index (χ1) is 14.5. The molecule has 0 radical (unpaired) electrons. The van der Waals surface area contributed by atoms with Crippen molar-refractivity contribution in [2.75, 3.05) is 0 Å². The summed E-state index contributed by atoms with van der Waals surface area (Å²) in [6.07, 6.45) is 11.1. The lowest BCUT2D eigenvalue weighted by molar-refractivity contribution is -0.143. The SMILES string of the molecule is CC(C)CC1CC(=O)C(CC=Cc2ccccc2)(CC=Cc2ccccc2)C(O)C1. The van der Waals surface area contributed by atoms with Gasteiger partial charge in [-0.15, -0.1) is 0 Å². The maximum Gasteiger partial charge on any atom is 0.142 e. The molecule has 2 nitrogen and oxygen atoms in total. The Morgan fingerprint density at radius 1 is 0.933 bits per heavy atom. The summed E-state index contributed by atoms with van der Waals surface area (Å²) in [5.41, 5.74) is 1.50. The fourth-order valence-corrected chi connectivity index (χ4v) is 4.64. The van der Waals surface area contributed by atoms with E-state index in [1.54, 1.807) is 0 Å². The lowest BCUT2D eigenvalue weighted by Gasteiger charge is -2.42. The van der Waals surface area contributed by atoms with E-state index < -0.39 is 11.5 Å². The van der Waals surface area contributed by atoms with E-state index >= 15 is 0 Å². The Kier molecular flexibility index (Phi) is 7.81. The Hall–Kier alpha value is -2.45. The van der Waals surface area contributed by atoms with Gasteiger partial charge in [0.2, 0.25) is 0 Å². The number of ketones is 1. The zero-order valence-corrected chi connectivity index (χ0v) is 18.2. The van der Waals surface area contributed by atoms with Crippen LogP contribution in [0.5, 0.6) is 0 Å². The highest BCUT2D eigenvalue weighted by Crippen LogP contribution is 2.44. The number of aliphatic hydroxyl groups is 1. The van der Waals surface area contributed by atoms with Gasteiger partial charge in [-0.05, 0) is 48.6 Å². The van der Waals surface area contributed by atoms with Gasteiger partial charge >= 0.3 is 0 Å². The molecule has 1 fully saturated rings. The van der Waals surface area contributed by atoms with Gasteiger partial charge in [-0.25, -0.2) is 0 Å². The van der Waals surface area contributed by atoms with Crippen molar-refractivity contribution in [2.45, 2.75) is 52.1 Å². The van der Waals surface area contributed by atoms with Crippen LogP contribution in [0.3, 0.4) is 0 Å². The number of Topliss-reactive ketones (excluding diaryl/α,β-unsaturated/α-hetero) is 1. The van der Waals surface area contributed by atoms with E-state index in [1.807, 2.05) is 36.4 Å². The lowest BCUT2D eigenvalue weighted by Crippen LogP contribution is -2.48. The van der Waals surface area contributed by atoms with Crippen molar-refractivity contribution in [1.82, 2.24) is 0 Å². The van der Waals surface area contributed by atoms with Gasteiger partial charge < -0.3 is 5.11 Å². The first-order valence-corrected chi connectivity index (χ1v) is 11.1. The van der Waals surface area contributed by atoms with Crippen molar-refractivity contribution in [3.05, 3.63) is 83.9 Å². The largest absolute Gasteiger partial charge is 0.392 e. The first-order valence-electron chi connectivity index (χ1n) is 11.1. The van der Waals surface area contributed by atoms with Crippen LogP contribution in [0, 0.1) is 17.3 Å². The van der Waals surface area contributed by atoms with Crippen LogP contribution < -0.4 is 0 Å². The van der Waals surface area contributed by atoms with Crippen LogP contribution in [-0.2, 0) is 4.79 Å². The molecule has 0 saturated heterocycles. The molecule has 0 heterocycles. The normalized spacial score (nSPS) is 24.9.